The van der Waals surface area contributed by atoms with Crippen molar-refractivity contribution in [1.29, 1.82) is 0 Å². The zero-order valence-corrected chi connectivity index (χ0v) is 18.4. The number of ether oxygens (including phenoxy) is 1. The number of nitrogens with zero attached hydrogens (tertiary/aromatic N) is 1. The predicted octanol–water partition coefficient (Wildman–Crippen LogP) is 7.50. The highest BCUT2D eigenvalue weighted by atomic mass is 32.2. The van der Waals surface area contributed by atoms with Crippen LogP contribution in [-0.4, -0.2) is 9.18 Å². The van der Waals surface area contributed by atoms with Gasteiger partial charge in [-0.05, 0) is 47.0 Å². The van der Waals surface area contributed by atoms with Crippen LogP contribution in [0.1, 0.15) is 11.1 Å². The van der Waals surface area contributed by atoms with Gasteiger partial charge in [-0.25, -0.2) is 4.98 Å². The molecule has 5 heteroatoms. The van der Waals surface area contributed by atoms with E-state index < -0.39 is 0 Å². The van der Waals surface area contributed by atoms with Crippen molar-refractivity contribution in [3.05, 3.63) is 102 Å². The fraction of sp³-hybridized carbons (Fsp3) is 0.0400. The Morgan fingerprint density at radius 1 is 0.833 bits per heavy atom. The molecule has 5 aromatic rings. The summed E-state index contributed by atoms with van der Waals surface area (Å²) in [6.07, 6.45) is 0. The first kappa shape index (κ1) is 19.2. The van der Waals surface area contributed by atoms with Crippen LogP contribution >= 0.6 is 35.3 Å². The van der Waals surface area contributed by atoms with E-state index in [0.29, 0.717) is 6.61 Å². The highest BCUT2D eigenvalue weighted by Crippen LogP contribution is 2.36. The third kappa shape index (κ3) is 3.97. The zero-order chi connectivity index (χ0) is 20.3. The number of para-hydroxylation sites is 1. The maximum Gasteiger partial charge on any atom is 0.156 e. The van der Waals surface area contributed by atoms with Crippen LogP contribution in [0, 0.1) is 0 Å². The SMILES string of the molecule is S=C(Sc1nc2ccccc2s1)c1ccc(OCc2ccccc2)c2ccccc12. The summed E-state index contributed by atoms with van der Waals surface area (Å²) in [6, 6.07) is 30.7. The van der Waals surface area contributed by atoms with E-state index in [-0.39, 0.29) is 0 Å². The molecule has 4 aromatic carbocycles. The van der Waals surface area contributed by atoms with E-state index in [0.717, 1.165) is 41.7 Å². The van der Waals surface area contributed by atoms with Gasteiger partial charge in [-0.2, -0.15) is 0 Å². The maximum absolute atomic E-state index is 6.14. The van der Waals surface area contributed by atoms with Gasteiger partial charge in [0.2, 0.25) is 0 Å². The Morgan fingerprint density at radius 2 is 1.57 bits per heavy atom. The van der Waals surface area contributed by atoms with Gasteiger partial charge in [-0.15, -0.1) is 11.3 Å². The predicted molar refractivity (Wildman–Crippen MR) is 132 cm³/mol. The maximum atomic E-state index is 6.14. The molecule has 0 fully saturated rings. The van der Waals surface area contributed by atoms with Crippen molar-refractivity contribution in [2.24, 2.45) is 0 Å². The second kappa shape index (κ2) is 8.56. The monoisotopic (exact) mass is 443 g/mol. The largest absolute Gasteiger partial charge is 0.488 e. The van der Waals surface area contributed by atoms with Crippen molar-refractivity contribution >= 4 is 60.5 Å². The zero-order valence-electron chi connectivity index (χ0n) is 15.9. The van der Waals surface area contributed by atoms with Crippen LogP contribution in [0.5, 0.6) is 5.75 Å². The Labute approximate surface area is 188 Å². The average Bonchev–Trinajstić information content (AvgIpc) is 3.20. The van der Waals surface area contributed by atoms with E-state index in [1.165, 1.54) is 4.70 Å². The molecule has 30 heavy (non-hydrogen) atoms. The summed E-state index contributed by atoms with van der Waals surface area (Å²) >= 11 is 9.03. The molecular weight excluding hydrogens is 426 g/mol. The fourth-order valence-corrected chi connectivity index (χ4v) is 5.89. The lowest BCUT2D eigenvalue weighted by molar-refractivity contribution is 0.310. The lowest BCUT2D eigenvalue weighted by atomic mass is 10.0. The number of thiocarbonyl (C=S) groups is 1. The van der Waals surface area contributed by atoms with Crippen molar-refractivity contribution in [1.82, 2.24) is 4.98 Å². The number of benzene rings is 4. The van der Waals surface area contributed by atoms with Gasteiger partial charge >= 0.3 is 0 Å². The molecule has 0 unspecified atom stereocenters. The Morgan fingerprint density at radius 3 is 2.40 bits per heavy atom. The smallest absolute Gasteiger partial charge is 0.156 e. The van der Waals surface area contributed by atoms with E-state index in [1.807, 2.05) is 54.6 Å². The van der Waals surface area contributed by atoms with Crippen molar-refractivity contribution < 1.29 is 4.74 Å². The minimum absolute atomic E-state index is 0.537. The molecule has 0 aliphatic heterocycles. The number of thiazole rings is 1. The van der Waals surface area contributed by atoms with Crippen LogP contribution in [0.25, 0.3) is 21.0 Å². The fourth-order valence-electron chi connectivity index (χ4n) is 3.34. The second-order valence-corrected chi connectivity index (χ2v) is 9.72. The van der Waals surface area contributed by atoms with Gasteiger partial charge in [0.15, 0.2) is 4.34 Å². The van der Waals surface area contributed by atoms with E-state index in [9.17, 15) is 0 Å². The number of fused-ring (bicyclic) bond motifs is 2. The molecule has 2 nitrogen and oxygen atoms in total. The molecule has 146 valence electrons. The third-order valence-electron chi connectivity index (χ3n) is 4.80. The first-order chi connectivity index (χ1) is 14.8. The van der Waals surface area contributed by atoms with Crippen LogP contribution in [0.2, 0.25) is 0 Å². The third-order valence-corrected chi connectivity index (χ3v) is 7.27. The lowest BCUT2D eigenvalue weighted by Crippen LogP contribution is -1.98. The molecule has 0 spiro atoms. The molecule has 0 aliphatic carbocycles. The normalized spacial score (nSPS) is 11.1. The Bertz CT molecular complexity index is 1310. The van der Waals surface area contributed by atoms with E-state index >= 15 is 0 Å². The van der Waals surface area contributed by atoms with E-state index in [4.69, 9.17) is 21.9 Å². The van der Waals surface area contributed by atoms with Crippen LogP contribution in [0.3, 0.4) is 0 Å². The average molecular weight is 444 g/mol. The molecule has 0 radical (unpaired) electrons. The highest BCUT2D eigenvalue weighted by molar-refractivity contribution is 8.24. The molecule has 0 saturated heterocycles. The Kier molecular flexibility index (Phi) is 5.49. The van der Waals surface area contributed by atoms with Crippen molar-refractivity contribution in [3.8, 4) is 5.75 Å². The summed E-state index contributed by atoms with van der Waals surface area (Å²) in [5, 5.41) is 2.17. The van der Waals surface area contributed by atoms with Crippen LogP contribution in [0.15, 0.2) is 95.3 Å². The first-order valence-corrected chi connectivity index (χ1v) is 11.6. The minimum Gasteiger partial charge on any atom is -0.488 e. The molecule has 0 aliphatic rings. The molecule has 1 heterocycles. The molecule has 0 atom stereocenters. The molecule has 1 aromatic heterocycles. The van der Waals surface area contributed by atoms with Crippen molar-refractivity contribution in [2.45, 2.75) is 10.9 Å². The van der Waals surface area contributed by atoms with Gasteiger partial charge in [-0.1, -0.05) is 78.9 Å². The summed E-state index contributed by atoms with van der Waals surface area (Å²) in [4.78, 5) is 4.71. The number of hydrogen-bond acceptors (Lipinski definition) is 5. The molecule has 0 bridgehead atoms. The van der Waals surface area contributed by atoms with Gasteiger partial charge in [0.25, 0.3) is 0 Å². The number of thioether (sulfide) groups is 1. The van der Waals surface area contributed by atoms with Gasteiger partial charge in [-0.3, -0.25) is 0 Å². The topological polar surface area (TPSA) is 22.1 Å². The standard InChI is InChI=1S/C25H17NOS3/c28-24(30-25-26-21-12-6-7-13-23(21)29-25)20-14-15-22(19-11-5-4-10-18(19)20)27-16-17-8-2-1-3-9-17/h1-15H,16H2. The number of hydrogen-bond donors (Lipinski definition) is 0. The summed E-state index contributed by atoms with van der Waals surface area (Å²) in [7, 11) is 0. The lowest BCUT2D eigenvalue weighted by Gasteiger charge is -2.13. The van der Waals surface area contributed by atoms with Crippen molar-refractivity contribution in [3.63, 3.8) is 0 Å². The summed E-state index contributed by atoms with van der Waals surface area (Å²) in [6.45, 7) is 0.537. The van der Waals surface area contributed by atoms with Crippen LogP contribution < -0.4 is 4.74 Å². The van der Waals surface area contributed by atoms with Gasteiger partial charge in [0.05, 0.1) is 14.4 Å². The first-order valence-electron chi connectivity index (χ1n) is 9.54. The van der Waals surface area contributed by atoms with Gasteiger partial charge in [0.1, 0.15) is 12.4 Å². The second-order valence-electron chi connectivity index (χ2n) is 6.77. The molecule has 0 N–H and O–H groups in total. The molecule has 5 rings (SSSR count). The summed E-state index contributed by atoms with van der Waals surface area (Å²) in [5.74, 6) is 0.867. The molecule has 0 saturated carbocycles. The summed E-state index contributed by atoms with van der Waals surface area (Å²) in [5.41, 5.74) is 3.20. The number of aromatic nitrogens is 1. The van der Waals surface area contributed by atoms with Gasteiger partial charge in [0, 0.05) is 10.9 Å². The Hall–Kier alpha value is -2.73. The molecule has 0 amide bonds. The van der Waals surface area contributed by atoms with Crippen LogP contribution in [0.4, 0.5) is 0 Å². The highest BCUT2D eigenvalue weighted by Gasteiger charge is 2.14. The quantitative estimate of drug-likeness (QED) is 0.207. The summed E-state index contributed by atoms with van der Waals surface area (Å²) < 4.78 is 9.10. The molecular formula is C25H17NOS3. The van der Waals surface area contributed by atoms with Crippen molar-refractivity contribution in [2.75, 3.05) is 0 Å². The number of rotatable bonds is 5. The minimum atomic E-state index is 0.537. The van der Waals surface area contributed by atoms with E-state index in [1.54, 1.807) is 23.1 Å². The van der Waals surface area contributed by atoms with Gasteiger partial charge < -0.3 is 4.74 Å². The Balaban J connectivity index is 1.43. The van der Waals surface area contributed by atoms with Crippen LogP contribution in [-0.2, 0) is 6.61 Å². The van der Waals surface area contributed by atoms with E-state index in [2.05, 4.69) is 36.4 Å².